The standard InChI is InChI=1S/C5H9IN2/c1-2-4-8(6)5-3-7/h2-3,5H,1,4,7H2/b5-3-. The van der Waals surface area contributed by atoms with E-state index in [9.17, 15) is 0 Å². The third-order valence-corrected chi connectivity index (χ3v) is 1.27. The van der Waals surface area contributed by atoms with Crippen LogP contribution >= 0.6 is 22.9 Å². The zero-order chi connectivity index (χ0) is 6.41. The minimum atomic E-state index is 0.828. The van der Waals surface area contributed by atoms with Crippen LogP contribution in [0, 0.1) is 0 Å². The molecule has 3 heteroatoms. The highest BCUT2D eigenvalue weighted by Gasteiger charge is 1.82. The van der Waals surface area contributed by atoms with Crippen LogP contribution in [-0.4, -0.2) is 9.66 Å². The van der Waals surface area contributed by atoms with Crippen LogP contribution in [0.5, 0.6) is 0 Å². The van der Waals surface area contributed by atoms with Crippen molar-refractivity contribution >= 4 is 22.9 Å². The molecule has 2 nitrogen and oxygen atoms in total. The van der Waals surface area contributed by atoms with Gasteiger partial charge in [-0.25, -0.2) is 0 Å². The van der Waals surface area contributed by atoms with Crippen LogP contribution in [0.1, 0.15) is 0 Å². The molecule has 0 aliphatic heterocycles. The van der Waals surface area contributed by atoms with Gasteiger partial charge in [-0.05, 0) is 0 Å². The Hall–Kier alpha value is -0.190. The molecule has 0 saturated carbocycles. The SMILES string of the molecule is C=CCN(I)/C=C\N. The summed E-state index contributed by atoms with van der Waals surface area (Å²) in [5.74, 6) is 0. The molecule has 0 amide bonds. The summed E-state index contributed by atoms with van der Waals surface area (Å²) in [6.45, 7) is 4.39. The predicted molar refractivity (Wildman–Crippen MR) is 44.3 cm³/mol. The van der Waals surface area contributed by atoms with Gasteiger partial charge in [0, 0.05) is 18.9 Å². The van der Waals surface area contributed by atoms with E-state index in [0.29, 0.717) is 0 Å². The first-order valence-corrected chi connectivity index (χ1v) is 3.19. The summed E-state index contributed by atoms with van der Waals surface area (Å²) >= 11 is 2.14. The molecule has 0 spiro atoms. The maximum absolute atomic E-state index is 5.10. The van der Waals surface area contributed by atoms with Crippen molar-refractivity contribution in [2.24, 2.45) is 5.73 Å². The summed E-state index contributed by atoms with van der Waals surface area (Å²) in [4.78, 5) is 0. The number of nitrogens with zero attached hydrogens (tertiary/aromatic N) is 1. The molecule has 0 aromatic rings. The lowest BCUT2D eigenvalue weighted by Crippen LogP contribution is -2.01. The maximum Gasteiger partial charge on any atom is 0.0589 e. The molecule has 0 radical (unpaired) electrons. The second kappa shape index (κ2) is 4.96. The van der Waals surface area contributed by atoms with Crippen molar-refractivity contribution in [1.29, 1.82) is 0 Å². The average Bonchev–Trinajstić information content (AvgIpc) is 1.68. The molecule has 0 saturated heterocycles. The summed E-state index contributed by atoms with van der Waals surface area (Å²) < 4.78 is 1.91. The van der Waals surface area contributed by atoms with Crippen LogP contribution in [0.4, 0.5) is 0 Å². The molecule has 0 rings (SSSR count). The first-order chi connectivity index (χ1) is 3.81. The van der Waals surface area contributed by atoms with Gasteiger partial charge in [0.2, 0.25) is 0 Å². The molecule has 8 heavy (non-hydrogen) atoms. The van der Waals surface area contributed by atoms with E-state index in [2.05, 4.69) is 29.4 Å². The van der Waals surface area contributed by atoms with E-state index in [1.165, 1.54) is 6.20 Å². The van der Waals surface area contributed by atoms with Crippen LogP contribution in [0.3, 0.4) is 0 Å². The molecular weight excluding hydrogens is 215 g/mol. The predicted octanol–water partition coefficient (Wildman–Crippen LogP) is 1.25. The molecule has 0 heterocycles. The number of hydrogen-bond donors (Lipinski definition) is 1. The second-order valence-corrected chi connectivity index (χ2v) is 2.45. The zero-order valence-electron chi connectivity index (χ0n) is 4.55. The van der Waals surface area contributed by atoms with Crippen molar-refractivity contribution in [3.05, 3.63) is 25.1 Å². The zero-order valence-corrected chi connectivity index (χ0v) is 6.71. The fourth-order valence-electron chi connectivity index (χ4n) is 0.278. The first kappa shape index (κ1) is 7.81. The molecule has 0 atom stereocenters. The Kier molecular flexibility index (Phi) is 4.84. The van der Waals surface area contributed by atoms with Gasteiger partial charge in [-0.3, -0.25) is 0 Å². The fourth-order valence-corrected chi connectivity index (χ4v) is 0.742. The summed E-state index contributed by atoms with van der Waals surface area (Å²) in [6.07, 6.45) is 5.09. The maximum atomic E-state index is 5.10. The highest BCUT2D eigenvalue weighted by Crippen LogP contribution is 1.96. The average molecular weight is 224 g/mol. The molecule has 0 aromatic heterocycles. The smallest absolute Gasteiger partial charge is 0.0589 e. The number of hydrogen-bond acceptors (Lipinski definition) is 2. The lowest BCUT2D eigenvalue weighted by Gasteiger charge is -2.04. The van der Waals surface area contributed by atoms with E-state index in [1.54, 1.807) is 6.20 Å². The van der Waals surface area contributed by atoms with Gasteiger partial charge in [0.25, 0.3) is 0 Å². The first-order valence-electron chi connectivity index (χ1n) is 2.23. The van der Waals surface area contributed by atoms with Gasteiger partial charge in [-0.2, -0.15) is 0 Å². The van der Waals surface area contributed by atoms with Gasteiger partial charge in [-0.15, -0.1) is 6.58 Å². The van der Waals surface area contributed by atoms with E-state index < -0.39 is 0 Å². The van der Waals surface area contributed by atoms with Gasteiger partial charge in [-0.1, -0.05) is 6.08 Å². The fraction of sp³-hybridized carbons (Fsp3) is 0.200. The summed E-state index contributed by atoms with van der Waals surface area (Å²) in [5, 5.41) is 0. The second-order valence-electron chi connectivity index (χ2n) is 1.21. The van der Waals surface area contributed by atoms with Crippen LogP contribution in [0.25, 0.3) is 0 Å². The van der Waals surface area contributed by atoms with Gasteiger partial charge in [0.15, 0.2) is 0 Å². The van der Waals surface area contributed by atoms with Crippen molar-refractivity contribution in [1.82, 2.24) is 3.11 Å². The van der Waals surface area contributed by atoms with E-state index in [-0.39, 0.29) is 0 Å². The monoisotopic (exact) mass is 224 g/mol. The van der Waals surface area contributed by atoms with Crippen molar-refractivity contribution in [3.63, 3.8) is 0 Å². The molecule has 0 bridgehead atoms. The molecule has 0 aromatic carbocycles. The Morgan fingerprint density at radius 3 is 2.75 bits per heavy atom. The lowest BCUT2D eigenvalue weighted by atomic mass is 10.6. The lowest BCUT2D eigenvalue weighted by molar-refractivity contribution is 0.750. The largest absolute Gasteiger partial charge is 0.403 e. The van der Waals surface area contributed by atoms with Crippen LogP contribution in [-0.2, 0) is 0 Å². The van der Waals surface area contributed by atoms with Gasteiger partial charge in [0.05, 0.1) is 22.9 Å². The van der Waals surface area contributed by atoms with Crippen molar-refractivity contribution < 1.29 is 0 Å². The van der Waals surface area contributed by atoms with E-state index in [4.69, 9.17) is 5.73 Å². The molecule has 0 unspecified atom stereocenters. The van der Waals surface area contributed by atoms with Crippen molar-refractivity contribution in [2.45, 2.75) is 0 Å². The quantitative estimate of drug-likeness (QED) is 0.444. The Morgan fingerprint density at radius 1 is 1.75 bits per heavy atom. The Balaban J connectivity index is 3.31. The van der Waals surface area contributed by atoms with E-state index >= 15 is 0 Å². The number of rotatable bonds is 3. The Labute approximate surface area is 63.5 Å². The third kappa shape index (κ3) is 3.98. The normalized spacial score (nSPS) is 9.62. The van der Waals surface area contributed by atoms with Gasteiger partial charge >= 0.3 is 0 Å². The Morgan fingerprint density at radius 2 is 2.38 bits per heavy atom. The number of halogens is 1. The topological polar surface area (TPSA) is 29.3 Å². The van der Waals surface area contributed by atoms with Crippen LogP contribution in [0.15, 0.2) is 25.1 Å². The molecule has 46 valence electrons. The highest BCUT2D eigenvalue weighted by atomic mass is 127. The molecule has 0 fully saturated rings. The summed E-state index contributed by atoms with van der Waals surface area (Å²) in [6, 6.07) is 0. The number of nitrogens with two attached hydrogens (primary N) is 1. The van der Waals surface area contributed by atoms with E-state index in [1.807, 2.05) is 9.19 Å². The molecular formula is C5H9IN2. The van der Waals surface area contributed by atoms with Crippen molar-refractivity contribution in [3.8, 4) is 0 Å². The van der Waals surface area contributed by atoms with Gasteiger partial charge < -0.3 is 8.85 Å². The van der Waals surface area contributed by atoms with E-state index in [0.717, 1.165) is 6.54 Å². The minimum absolute atomic E-state index is 0.828. The molecule has 0 aliphatic carbocycles. The minimum Gasteiger partial charge on any atom is -0.403 e. The van der Waals surface area contributed by atoms with Crippen molar-refractivity contribution in [2.75, 3.05) is 6.54 Å². The molecule has 0 aliphatic rings. The third-order valence-electron chi connectivity index (χ3n) is 0.551. The van der Waals surface area contributed by atoms with Gasteiger partial charge in [0.1, 0.15) is 0 Å². The van der Waals surface area contributed by atoms with Crippen LogP contribution in [0.2, 0.25) is 0 Å². The highest BCUT2D eigenvalue weighted by molar-refractivity contribution is 14.1. The summed E-state index contributed by atoms with van der Waals surface area (Å²) in [7, 11) is 0. The van der Waals surface area contributed by atoms with Crippen LogP contribution < -0.4 is 5.73 Å². The Bertz CT molecular complexity index is 90.4. The summed E-state index contributed by atoms with van der Waals surface area (Å²) in [5.41, 5.74) is 5.10. The molecule has 2 N–H and O–H groups in total.